The molecule has 2 aromatic carbocycles. The molecule has 0 atom stereocenters. The summed E-state index contributed by atoms with van der Waals surface area (Å²) >= 11 is 5.21. The molecule has 0 aliphatic carbocycles. The van der Waals surface area contributed by atoms with Gasteiger partial charge in [0.05, 0.1) is 5.71 Å². The molecule has 0 aromatic heterocycles. The standard InChI is InChI=1S/C16H17N3OS/c1-11-7-3-5-9-14(11)17-16(21)19-18-12(2)13-8-4-6-10-15(13)20/h3-10,20H,1-2H3,(H2,17,19,21)/b18-12+. The molecule has 0 bridgehead atoms. The predicted octanol–water partition coefficient (Wildman–Crippen LogP) is 3.41. The highest BCUT2D eigenvalue weighted by molar-refractivity contribution is 7.80. The van der Waals surface area contributed by atoms with E-state index in [1.165, 1.54) is 0 Å². The highest BCUT2D eigenvalue weighted by atomic mass is 32.1. The second-order valence-electron chi connectivity index (χ2n) is 4.60. The summed E-state index contributed by atoms with van der Waals surface area (Å²) in [5.74, 6) is 0.193. The van der Waals surface area contributed by atoms with Gasteiger partial charge in [-0.1, -0.05) is 30.3 Å². The molecule has 21 heavy (non-hydrogen) atoms. The van der Waals surface area contributed by atoms with E-state index in [2.05, 4.69) is 15.8 Å². The zero-order chi connectivity index (χ0) is 15.2. The monoisotopic (exact) mass is 299 g/mol. The van der Waals surface area contributed by atoms with E-state index in [0.717, 1.165) is 11.3 Å². The summed E-state index contributed by atoms with van der Waals surface area (Å²) < 4.78 is 0. The Morgan fingerprint density at radius 3 is 2.48 bits per heavy atom. The van der Waals surface area contributed by atoms with Crippen LogP contribution in [0, 0.1) is 6.92 Å². The van der Waals surface area contributed by atoms with Crippen molar-refractivity contribution >= 4 is 28.7 Å². The average molecular weight is 299 g/mol. The SMILES string of the molecule is C/C(=N\NC(=S)Nc1ccccc1C)c1ccccc1O. The zero-order valence-electron chi connectivity index (χ0n) is 11.9. The van der Waals surface area contributed by atoms with Crippen LogP contribution in [0.2, 0.25) is 0 Å². The topological polar surface area (TPSA) is 56.7 Å². The van der Waals surface area contributed by atoms with Crippen molar-refractivity contribution in [1.29, 1.82) is 0 Å². The summed E-state index contributed by atoms with van der Waals surface area (Å²) in [6.07, 6.45) is 0. The molecule has 0 amide bonds. The van der Waals surface area contributed by atoms with Crippen LogP contribution in [-0.4, -0.2) is 15.9 Å². The van der Waals surface area contributed by atoms with Gasteiger partial charge in [0, 0.05) is 11.3 Å². The van der Waals surface area contributed by atoms with Gasteiger partial charge in [-0.2, -0.15) is 5.10 Å². The molecule has 4 nitrogen and oxygen atoms in total. The van der Waals surface area contributed by atoms with E-state index in [-0.39, 0.29) is 5.75 Å². The molecule has 0 radical (unpaired) electrons. The van der Waals surface area contributed by atoms with Crippen LogP contribution >= 0.6 is 12.2 Å². The van der Waals surface area contributed by atoms with Crippen molar-refractivity contribution in [3.63, 3.8) is 0 Å². The van der Waals surface area contributed by atoms with Crippen LogP contribution in [0.5, 0.6) is 5.75 Å². The number of aromatic hydroxyl groups is 1. The maximum Gasteiger partial charge on any atom is 0.191 e. The van der Waals surface area contributed by atoms with Crippen molar-refractivity contribution in [3.05, 3.63) is 59.7 Å². The molecule has 0 aliphatic rings. The number of hydrazone groups is 1. The minimum absolute atomic E-state index is 0.193. The third-order valence-electron chi connectivity index (χ3n) is 3.01. The summed E-state index contributed by atoms with van der Waals surface area (Å²) in [6, 6.07) is 14.9. The van der Waals surface area contributed by atoms with Crippen LogP contribution in [0.1, 0.15) is 18.1 Å². The Morgan fingerprint density at radius 2 is 1.76 bits per heavy atom. The summed E-state index contributed by atoms with van der Waals surface area (Å²) in [7, 11) is 0. The summed E-state index contributed by atoms with van der Waals surface area (Å²) in [6.45, 7) is 3.81. The molecular weight excluding hydrogens is 282 g/mol. The molecule has 3 N–H and O–H groups in total. The fraction of sp³-hybridized carbons (Fsp3) is 0.125. The first-order chi connectivity index (χ1) is 10.1. The Kier molecular flexibility index (Phi) is 4.90. The fourth-order valence-electron chi connectivity index (χ4n) is 1.84. The maximum atomic E-state index is 9.76. The van der Waals surface area contributed by atoms with Crippen LogP contribution in [0.15, 0.2) is 53.6 Å². The Hall–Kier alpha value is -2.40. The molecule has 108 valence electrons. The molecule has 0 unspecified atom stereocenters. The first kappa shape index (κ1) is 15.0. The summed E-state index contributed by atoms with van der Waals surface area (Å²) in [5, 5.41) is 17.4. The lowest BCUT2D eigenvalue weighted by molar-refractivity contribution is 0.474. The van der Waals surface area contributed by atoms with Gasteiger partial charge < -0.3 is 10.4 Å². The van der Waals surface area contributed by atoms with Gasteiger partial charge in [-0.25, -0.2) is 0 Å². The van der Waals surface area contributed by atoms with E-state index < -0.39 is 0 Å². The van der Waals surface area contributed by atoms with Crippen molar-refractivity contribution in [2.75, 3.05) is 5.32 Å². The lowest BCUT2D eigenvalue weighted by atomic mass is 10.1. The minimum atomic E-state index is 0.193. The highest BCUT2D eigenvalue weighted by Gasteiger charge is 2.04. The van der Waals surface area contributed by atoms with Gasteiger partial charge in [0.15, 0.2) is 5.11 Å². The van der Waals surface area contributed by atoms with Crippen LogP contribution in [0.3, 0.4) is 0 Å². The predicted molar refractivity (Wildman–Crippen MR) is 90.9 cm³/mol. The van der Waals surface area contributed by atoms with E-state index in [1.54, 1.807) is 25.1 Å². The van der Waals surface area contributed by atoms with E-state index in [1.807, 2.05) is 37.3 Å². The number of para-hydroxylation sites is 2. The lowest BCUT2D eigenvalue weighted by Gasteiger charge is -2.10. The number of hydrogen-bond donors (Lipinski definition) is 3. The van der Waals surface area contributed by atoms with Crippen molar-refractivity contribution in [3.8, 4) is 5.75 Å². The first-order valence-corrected chi connectivity index (χ1v) is 6.94. The molecule has 0 spiro atoms. The van der Waals surface area contributed by atoms with Crippen molar-refractivity contribution in [2.24, 2.45) is 5.10 Å². The van der Waals surface area contributed by atoms with Crippen molar-refractivity contribution < 1.29 is 5.11 Å². The molecule has 0 aliphatic heterocycles. The smallest absolute Gasteiger partial charge is 0.191 e. The normalized spacial score (nSPS) is 11.0. The molecule has 0 saturated carbocycles. The zero-order valence-corrected chi connectivity index (χ0v) is 12.7. The molecule has 5 heteroatoms. The molecule has 0 heterocycles. The van der Waals surface area contributed by atoms with E-state index in [0.29, 0.717) is 16.4 Å². The third kappa shape index (κ3) is 4.03. The van der Waals surface area contributed by atoms with Crippen LogP contribution in [0.4, 0.5) is 5.69 Å². The number of nitrogens with one attached hydrogen (secondary N) is 2. The molecular formula is C16H17N3OS. The minimum Gasteiger partial charge on any atom is -0.507 e. The second-order valence-corrected chi connectivity index (χ2v) is 5.00. The number of rotatable bonds is 3. The Labute approximate surface area is 129 Å². The number of benzene rings is 2. The molecule has 2 aromatic rings. The number of nitrogens with zero attached hydrogens (tertiary/aromatic N) is 1. The van der Waals surface area contributed by atoms with Gasteiger partial charge >= 0.3 is 0 Å². The van der Waals surface area contributed by atoms with Crippen LogP contribution < -0.4 is 10.7 Å². The van der Waals surface area contributed by atoms with Crippen LogP contribution in [-0.2, 0) is 0 Å². The van der Waals surface area contributed by atoms with Gasteiger partial charge in [-0.3, -0.25) is 5.43 Å². The van der Waals surface area contributed by atoms with E-state index in [9.17, 15) is 5.11 Å². The first-order valence-electron chi connectivity index (χ1n) is 6.53. The van der Waals surface area contributed by atoms with Gasteiger partial charge in [0.1, 0.15) is 5.75 Å². The van der Waals surface area contributed by atoms with Gasteiger partial charge in [0.25, 0.3) is 0 Å². The third-order valence-corrected chi connectivity index (χ3v) is 3.21. The van der Waals surface area contributed by atoms with Gasteiger partial charge in [-0.15, -0.1) is 0 Å². The Balaban J connectivity index is 2.02. The summed E-state index contributed by atoms with van der Waals surface area (Å²) in [4.78, 5) is 0. The van der Waals surface area contributed by atoms with E-state index in [4.69, 9.17) is 12.2 Å². The van der Waals surface area contributed by atoms with Crippen molar-refractivity contribution in [1.82, 2.24) is 5.43 Å². The number of hydrogen-bond acceptors (Lipinski definition) is 3. The number of aryl methyl sites for hydroxylation is 1. The number of thiocarbonyl (C=S) groups is 1. The summed E-state index contributed by atoms with van der Waals surface area (Å²) in [5.41, 5.74) is 6.14. The second kappa shape index (κ2) is 6.85. The quantitative estimate of drug-likeness (QED) is 0.462. The lowest BCUT2D eigenvalue weighted by Crippen LogP contribution is -2.25. The maximum absolute atomic E-state index is 9.76. The average Bonchev–Trinajstić information content (AvgIpc) is 2.48. The largest absolute Gasteiger partial charge is 0.507 e. The van der Waals surface area contributed by atoms with Crippen molar-refractivity contribution in [2.45, 2.75) is 13.8 Å². The highest BCUT2D eigenvalue weighted by Crippen LogP contribution is 2.16. The number of phenols is 1. The molecule has 0 saturated heterocycles. The number of anilines is 1. The molecule has 0 fully saturated rings. The Morgan fingerprint density at radius 1 is 1.10 bits per heavy atom. The molecule has 2 rings (SSSR count). The van der Waals surface area contributed by atoms with E-state index >= 15 is 0 Å². The fourth-order valence-corrected chi connectivity index (χ4v) is 1.99. The Bertz CT molecular complexity index is 683. The number of phenolic OH excluding ortho intramolecular Hbond substituents is 1. The van der Waals surface area contributed by atoms with Gasteiger partial charge in [-0.05, 0) is 49.8 Å². The van der Waals surface area contributed by atoms with Crippen LogP contribution in [0.25, 0.3) is 0 Å². The van der Waals surface area contributed by atoms with Gasteiger partial charge in [0.2, 0.25) is 0 Å².